The van der Waals surface area contributed by atoms with Crippen molar-refractivity contribution in [1.29, 1.82) is 0 Å². The lowest BCUT2D eigenvalue weighted by Crippen LogP contribution is -2.53. The number of nitrogens with zero attached hydrogens (tertiary/aromatic N) is 2. The van der Waals surface area contributed by atoms with E-state index in [-0.39, 0.29) is 23.4 Å². The molecule has 2 amide bonds. The summed E-state index contributed by atoms with van der Waals surface area (Å²) in [4.78, 5) is 28.4. The summed E-state index contributed by atoms with van der Waals surface area (Å²) in [6, 6.07) is 20.2. The highest BCUT2D eigenvalue weighted by Gasteiger charge is 2.33. The van der Waals surface area contributed by atoms with Gasteiger partial charge in [-0.15, -0.1) is 0 Å². The summed E-state index contributed by atoms with van der Waals surface area (Å²) in [5.41, 5.74) is 1.08. The summed E-state index contributed by atoms with van der Waals surface area (Å²) in [6.07, 6.45) is 0.340. The number of carbonyl (C=O) groups excluding carboxylic acids is 2. The number of hydrogen-bond acceptors (Lipinski definition) is 4. The van der Waals surface area contributed by atoms with E-state index < -0.39 is 28.5 Å². The number of sulfonamides is 1. The van der Waals surface area contributed by atoms with Crippen LogP contribution in [0.5, 0.6) is 0 Å². The van der Waals surface area contributed by atoms with Gasteiger partial charge in [0.15, 0.2) is 0 Å². The number of rotatable bonds is 11. The van der Waals surface area contributed by atoms with Crippen molar-refractivity contribution >= 4 is 50.7 Å². The Labute approximate surface area is 234 Å². The first-order chi connectivity index (χ1) is 18.0. The van der Waals surface area contributed by atoms with Crippen LogP contribution in [0.25, 0.3) is 0 Å². The quantitative estimate of drug-likeness (QED) is 0.326. The van der Waals surface area contributed by atoms with Crippen molar-refractivity contribution < 1.29 is 18.0 Å². The number of amides is 2. The molecule has 3 rings (SSSR count). The van der Waals surface area contributed by atoms with Gasteiger partial charge in [0, 0.05) is 22.6 Å². The zero-order chi connectivity index (χ0) is 27.9. The third-order valence-electron chi connectivity index (χ3n) is 5.81. The fraction of sp³-hybridized carbons (Fsp3) is 0.286. The second kappa shape index (κ2) is 13.1. The number of hydrogen-bond donors (Lipinski definition) is 1. The van der Waals surface area contributed by atoms with Crippen LogP contribution in [0, 0.1) is 0 Å². The van der Waals surface area contributed by atoms with Gasteiger partial charge in [0.25, 0.3) is 10.0 Å². The minimum Gasteiger partial charge on any atom is -0.352 e. The Morgan fingerprint density at radius 3 is 1.95 bits per heavy atom. The predicted octanol–water partition coefficient (Wildman–Crippen LogP) is 5.52. The van der Waals surface area contributed by atoms with E-state index in [2.05, 4.69) is 5.32 Å². The second-order valence-corrected chi connectivity index (χ2v) is 11.8. The highest BCUT2D eigenvalue weighted by Crippen LogP contribution is 2.25. The van der Waals surface area contributed by atoms with Crippen molar-refractivity contribution in [2.75, 3.05) is 10.8 Å². The van der Waals surface area contributed by atoms with Crippen LogP contribution in [0.15, 0.2) is 83.8 Å². The molecule has 0 aliphatic heterocycles. The molecule has 38 heavy (non-hydrogen) atoms. The molecule has 1 atom stereocenters. The first kappa shape index (κ1) is 29.5. The molecule has 0 aliphatic rings. The third kappa shape index (κ3) is 7.49. The van der Waals surface area contributed by atoms with Crippen molar-refractivity contribution in [2.24, 2.45) is 0 Å². The summed E-state index contributed by atoms with van der Waals surface area (Å²) < 4.78 is 28.5. The van der Waals surface area contributed by atoms with Gasteiger partial charge in [-0.2, -0.15) is 0 Å². The largest absolute Gasteiger partial charge is 0.352 e. The van der Waals surface area contributed by atoms with Crippen LogP contribution in [0.3, 0.4) is 0 Å². The lowest BCUT2D eigenvalue weighted by Gasteiger charge is -2.33. The van der Waals surface area contributed by atoms with Gasteiger partial charge in [-0.05, 0) is 74.4 Å². The van der Waals surface area contributed by atoms with Crippen molar-refractivity contribution in [3.05, 3.63) is 94.5 Å². The minimum absolute atomic E-state index is 0.00704. The Balaban J connectivity index is 2.03. The zero-order valence-corrected chi connectivity index (χ0v) is 23.8. The Kier molecular flexibility index (Phi) is 10.2. The van der Waals surface area contributed by atoms with Gasteiger partial charge in [-0.1, -0.05) is 60.5 Å². The van der Waals surface area contributed by atoms with Crippen LogP contribution in [-0.4, -0.2) is 43.8 Å². The molecule has 3 aromatic carbocycles. The average molecular weight is 577 g/mol. The Morgan fingerprint density at radius 1 is 0.868 bits per heavy atom. The number of anilines is 1. The lowest BCUT2D eigenvalue weighted by molar-refractivity contribution is -0.140. The predicted molar refractivity (Wildman–Crippen MR) is 152 cm³/mol. The van der Waals surface area contributed by atoms with E-state index in [4.69, 9.17) is 23.2 Å². The van der Waals surface area contributed by atoms with E-state index in [1.54, 1.807) is 54.6 Å². The van der Waals surface area contributed by atoms with Gasteiger partial charge >= 0.3 is 0 Å². The molecule has 0 fully saturated rings. The normalized spacial score (nSPS) is 12.2. The van der Waals surface area contributed by atoms with Gasteiger partial charge in [-0.25, -0.2) is 8.42 Å². The van der Waals surface area contributed by atoms with Crippen LogP contribution < -0.4 is 9.62 Å². The van der Waals surface area contributed by atoms with Gasteiger partial charge in [-0.3, -0.25) is 13.9 Å². The number of carbonyl (C=O) groups is 2. The highest BCUT2D eigenvalue weighted by molar-refractivity contribution is 7.92. The van der Waals surface area contributed by atoms with E-state index in [1.165, 1.54) is 29.2 Å². The number of halogens is 2. The lowest BCUT2D eigenvalue weighted by atomic mass is 10.1. The van der Waals surface area contributed by atoms with Crippen LogP contribution >= 0.6 is 23.2 Å². The molecule has 0 bridgehead atoms. The molecule has 0 unspecified atom stereocenters. The van der Waals surface area contributed by atoms with Crippen molar-refractivity contribution in [2.45, 2.75) is 50.7 Å². The monoisotopic (exact) mass is 575 g/mol. The number of nitrogens with one attached hydrogen (secondary N) is 1. The minimum atomic E-state index is -4.14. The summed E-state index contributed by atoms with van der Waals surface area (Å²) in [7, 11) is -4.14. The molecule has 0 saturated heterocycles. The zero-order valence-electron chi connectivity index (χ0n) is 21.5. The van der Waals surface area contributed by atoms with Gasteiger partial charge in [0.1, 0.15) is 12.6 Å². The standard InChI is InChI=1S/C28H31Cl2N3O4S/c1-4-26(28(35)31-20(2)3)32(18-21-10-12-22(29)13-11-21)27(34)19-33(24-8-6-5-7-9-24)38(36,37)25-16-14-23(30)15-17-25/h5-17,20,26H,4,18-19H2,1-3H3,(H,31,35)/t26-/m0/s1. The van der Waals surface area contributed by atoms with Crippen LogP contribution in [0.1, 0.15) is 32.8 Å². The van der Waals surface area contributed by atoms with E-state index in [0.29, 0.717) is 22.2 Å². The molecule has 202 valence electrons. The van der Waals surface area contributed by atoms with E-state index in [9.17, 15) is 18.0 Å². The van der Waals surface area contributed by atoms with E-state index >= 15 is 0 Å². The molecule has 0 heterocycles. The molecule has 0 aliphatic carbocycles. The van der Waals surface area contributed by atoms with Crippen molar-refractivity contribution in [3.63, 3.8) is 0 Å². The Hall–Kier alpha value is -3.07. The second-order valence-electron chi connectivity index (χ2n) is 9.04. The molecule has 3 aromatic rings. The molecule has 7 nitrogen and oxygen atoms in total. The summed E-state index contributed by atoms with van der Waals surface area (Å²) in [5.74, 6) is -0.830. The third-order valence-corrected chi connectivity index (χ3v) is 8.10. The van der Waals surface area contributed by atoms with Crippen LogP contribution in [0.2, 0.25) is 10.0 Å². The molecule has 0 radical (unpaired) electrons. The molecule has 0 spiro atoms. The fourth-order valence-electron chi connectivity index (χ4n) is 3.94. The molecular weight excluding hydrogens is 545 g/mol. The summed E-state index contributed by atoms with van der Waals surface area (Å²) >= 11 is 12.0. The fourth-order valence-corrected chi connectivity index (χ4v) is 5.61. The topological polar surface area (TPSA) is 86.8 Å². The average Bonchev–Trinajstić information content (AvgIpc) is 2.88. The summed E-state index contributed by atoms with van der Waals surface area (Å²) in [6.45, 7) is 5.08. The maximum Gasteiger partial charge on any atom is 0.264 e. The molecule has 10 heteroatoms. The first-order valence-corrected chi connectivity index (χ1v) is 14.4. The molecular formula is C28H31Cl2N3O4S. The molecule has 0 saturated carbocycles. The van der Waals surface area contributed by atoms with Crippen molar-refractivity contribution in [1.82, 2.24) is 10.2 Å². The summed E-state index contributed by atoms with van der Waals surface area (Å²) in [5, 5.41) is 3.81. The number of benzene rings is 3. The number of para-hydroxylation sites is 1. The first-order valence-electron chi connectivity index (χ1n) is 12.2. The van der Waals surface area contributed by atoms with E-state index in [1.807, 2.05) is 20.8 Å². The van der Waals surface area contributed by atoms with E-state index in [0.717, 1.165) is 9.87 Å². The SMILES string of the molecule is CC[C@@H](C(=O)NC(C)C)N(Cc1ccc(Cl)cc1)C(=O)CN(c1ccccc1)S(=O)(=O)c1ccc(Cl)cc1. The highest BCUT2D eigenvalue weighted by atomic mass is 35.5. The Morgan fingerprint density at radius 2 is 1.42 bits per heavy atom. The Bertz CT molecular complexity index is 1330. The maximum absolute atomic E-state index is 13.9. The smallest absolute Gasteiger partial charge is 0.264 e. The maximum atomic E-state index is 13.9. The van der Waals surface area contributed by atoms with Crippen molar-refractivity contribution in [3.8, 4) is 0 Å². The molecule has 0 aromatic heterocycles. The molecule has 1 N–H and O–H groups in total. The van der Waals surface area contributed by atoms with Crippen LogP contribution in [-0.2, 0) is 26.2 Å². The van der Waals surface area contributed by atoms with Gasteiger partial charge in [0.2, 0.25) is 11.8 Å². The van der Waals surface area contributed by atoms with Gasteiger partial charge < -0.3 is 10.2 Å². The van der Waals surface area contributed by atoms with Gasteiger partial charge in [0.05, 0.1) is 10.6 Å². The van der Waals surface area contributed by atoms with Crippen LogP contribution in [0.4, 0.5) is 5.69 Å².